The smallest absolute Gasteiger partial charge is 0.320 e. The minimum absolute atomic E-state index is 0.118. The highest BCUT2D eigenvalue weighted by atomic mass is 16.4. The molecule has 0 aromatic heterocycles. The molecule has 0 bridgehead atoms. The fraction of sp³-hybridized carbons (Fsp3) is 0.857. The van der Waals surface area contributed by atoms with E-state index in [2.05, 4.69) is 0 Å². The van der Waals surface area contributed by atoms with Gasteiger partial charge in [-0.3, -0.25) is 14.5 Å². The van der Waals surface area contributed by atoms with Crippen LogP contribution in [0.4, 0.5) is 0 Å². The summed E-state index contributed by atoms with van der Waals surface area (Å²) in [6, 6.07) is -0.496. The molecular formula is C14H27N3O3. The maximum absolute atomic E-state index is 12.6. The van der Waals surface area contributed by atoms with E-state index in [0.717, 1.165) is 12.8 Å². The first kappa shape index (κ1) is 16.9. The SMILES string of the molecule is CCC(CC)(CN)C(=O)N1CCN(C(C)C(=O)O)CC1. The fourth-order valence-corrected chi connectivity index (χ4v) is 2.73. The zero-order valence-electron chi connectivity index (χ0n) is 12.8. The van der Waals surface area contributed by atoms with Crippen molar-refractivity contribution in [2.45, 2.75) is 39.7 Å². The summed E-state index contributed by atoms with van der Waals surface area (Å²) in [5.74, 6) is -0.698. The molecule has 0 radical (unpaired) electrons. The standard InChI is InChI=1S/C14H27N3O3/c1-4-14(5-2,10-15)13(20)17-8-6-16(7-9-17)11(3)12(18)19/h11H,4-10,15H2,1-3H3,(H,18,19). The Hall–Kier alpha value is -1.14. The van der Waals surface area contributed by atoms with E-state index in [1.54, 1.807) is 6.92 Å². The summed E-state index contributed by atoms with van der Waals surface area (Å²) in [7, 11) is 0. The molecule has 3 N–H and O–H groups in total. The van der Waals surface area contributed by atoms with Crippen LogP contribution in [0.25, 0.3) is 0 Å². The van der Waals surface area contributed by atoms with Crippen LogP contribution in [-0.2, 0) is 9.59 Å². The van der Waals surface area contributed by atoms with Gasteiger partial charge in [0.25, 0.3) is 0 Å². The number of piperazine rings is 1. The highest BCUT2D eigenvalue weighted by Crippen LogP contribution is 2.28. The van der Waals surface area contributed by atoms with Crippen LogP contribution in [0.15, 0.2) is 0 Å². The van der Waals surface area contributed by atoms with Gasteiger partial charge in [-0.25, -0.2) is 0 Å². The molecule has 1 saturated heterocycles. The summed E-state index contributed by atoms with van der Waals surface area (Å²) in [4.78, 5) is 27.3. The molecule has 1 unspecified atom stereocenters. The summed E-state index contributed by atoms with van der Waals surface area (Å²) >= 11 is 0. The van der Waals surface area contributed by atoms with Crippen molar-refractivity contribution in [1.82, 2.24) is 9.80 Å². The van der Waals surface area contributed by atoms with E-state index in [9.17, 15) is 9.59 Å². The zero-order valence-corrected chi connectivity index (χ0v) is 12.8. The van der Waals surface area contributed by atoms with Crippen LogP contribution in [0.2, 0.25) is 0 Å². The third-order valence-electron chi connectivity index (χ3n) is 4.70. The molecule has 1 rings (SSSR count). The van der Waals surface area contributed by atoms with E-state index < -0.39 is 17.4 Å². The molecule has 6 heteroatoms. The highest BCUT2D eigenvalue weighted by molar-refractivity contribution is 5.83. The number of hydrogen-bond acceptors (Lipinski definition) is 4. The van der Waals surface area contributed by atoms with Crippen molar-refractivity contribution in [3.8, 4) is 0 Å². The van der Waals surface area contributed by atoms with E-state index in [-0.39, 0.29) is 5.91 Å². The number of nitrogens with zero attached hydrogens (tertiary/aromatic N) is 2. The summed E-state index contributed by atoms with van der Waals surface area (Å²) in [6.45, 7) is 8.41. The number of aliphatic carboxylic acids is 1. The van der Waals surface area contributed by atoms with Crippen molar-refractivity contribution in [2.24, 2.45) is 11.1 Å². The monoisotopic (exact) mass is 285 g/mol. The summed E-state index contributed by atoms with van der Waals surface area (Å²) < 4.78 is 0. The lowest BCUT2D eigenvalue weighted by atomic mass is 9.80. The van der Waals surface area contributed by atoms with E-state index in [1.165, 1.54) is 0 Å². The molecule has 1 aliphatic heterocycles. The van der Waals surface area contributed by atoms with Crippen LogP contribution in [0, 0.1) is 5.41 Å². The Kier molecular flexibility index (Phi) is 5.95. The van der Waals surface area contributed by atoms with E-state index in [1.807, 2.05) is 23.6 Å². The van der Waals surface area contributed by atoms with Crippen LogP contribution in [0.1, 0.15) is 33.6 Å². The van der Waals surface area contributed by atoms with Gasteiger partial charge in [0.05, 0.1) is 5.41 Å². The molecule has 1 heterocycles. The Morgan fingerprint density at radius 1 is 1.20 bits per heavy atom. The average Bonchev–Trinajstić information content (AvgIpc) is 2.48. The lowest BCUT2D eigenvalue weighted by Gasteiger charge is -2.41. The number of carbonyl (C=O) groups is 2. The predicted molar refractivity (Wildman–Crippen MR) is 77.3 cm³/mol. The Balaban J connectivity index is 2.65. The van der Waals surface area contributed by atoms with Gasteiger partial charge in [-0.15, -0.1) is 0 Å². The first-order valence-corrected chi connectivity index (χ1v) is 7.38. The van der Waals surface area contributed by atoms with E-state index in [0.29, 0.717) is 32.7 Å². The van der Waals surface area contributed by atoms with Crippen molar-refractivity contribution in [2.75, 3.05) is 32.7 Å². The topological polar surface area (TPSA) is 86.9 Å². The molecule has 0 aromatic carbocycles. The number of carboxylic acids is 1. The number of rotatable bonds is 6. The van der Waals surface area contributed by atoms with Gasteiger partial charge >= 0.3 is 5.97 Å². The van der Waals surface area contributed by atoms with E-state index >= 15 is 0 Å². The molecule has 0 saturated carbocycles. The second-order valence-corrected chi connectivity index (χ2v) is 5.53. The molecule has 0 aliphatic carbocycles. The van der Waals surface area contributed by atoms with Gasteiger partial charge in [0.15, 0.2) is 0 Å². The van der Waals surface area contributed by atoms with Gasteiger partial charge in [0, 0.05) is 32.7 Å². The normalized spacial score (nSPS) is 18.9. The maximum Gasteiger partial charge on any atom is 0.320 e. The Bertz CT molecular complexity index is 339. The molecule has 0 aromatic rings. The van der Waals surface area contributed by atoms with Gasteiger partial charge in [0.2, 0.25) is 5.91 Å². The van der Waals surface area contributed by atoms with Crippen LogP contribution in [0.3, 0.4) is 0 Å². The molecule has 0 spiro atoms. The van der Waals surface area contributed by atoms with Gasteiger partial charge in [-0.1, -0.05) is 13.8 Å². The second-order valence-electron chi connectivity index (χ2n) is 5.53. The Labute approximate surface area is 120 Å². The lowest BCUT2D eigenvalue weighted by Crippen LogP contribution is -2.57. The van der Waals surface area contributed by atoms with Crippen molar-refractivity contribution < 1.29 is 14.7 Å². The quantitative estimate of drug-likeness (QED) is 0.736. The van der Waals surface area contributed by atoms with Crippen LogP contribution in [0.5, 0.6) is 0 Å². The number of carboxylic acid groups (broad SMARTS) is 1. The van der Waals surface area contributed by atoms with Gasteiger partial charge in [0.1, 0.15) is 6.04 Å². The number of nitrogens with two attached hydrogens (primary N) is 1. The van der Waals surface area contributed by atoms with Gasteiger partial charge in [-0.05, 0) is 19.8 Å². The molecule has 1 atom stereocenters. The molecule has 116 valence electrons. The average molecular weight is 285 g/mol. The van der Waals surface area contributed by atoms with Crippen molar-refractivity contribution in [3.63, 3.8) is 0 Å². The minimum Gasteiger partial charge on any atom is -0.480 e. The summed E-state index contributed by atoms with van der Waals surface area (Å²) in [5.41, 5.74) is 5.36. The summed E-state index contributed by atoms with van der Waals surface area (Å²) in [5, 5.41) is 9.01. The Morgan fingerprint density at radius 2 is 1.70 bits per heavy atom. The van der Waals surface area contributed by atoms with Gasteiger partial charge in [-0.2, -0.15) is 0 Å². The summed E-state index contributed by atoms with van der Waals surface area (Å²) in [6.07, 6.45) is 1.48. The van der Waals surface area contributed by atoms with Crippen molar-refractivity contribution in [1.29, 1.82) is 0 Å². The van der Waals surface area contributed by atoms with Crippen LogP contribution >= 0.6 is 0 Å². The molecule has 1 aliphatic rings. The molecule has 20 heavy (non-hydrogen) atoms. The molecule has 1 amide bonds. The third kappa shape index (κ3) is 3.30. The van der Waals surface area contributed by atoms with Crippen LogP contribution in [-0.4, -0.2) is 65.5 Å². The first-order chi connectivity index (χ1) is 9.41. The molecule has 6 nitrogen and oxygen atoms in total. The first-order valence-electron chi connectivity index (χ1n) is 7.38. The molecular weight excluding hydrogens is 258 g/mol. The second kappa shape index (κ2) is 7.04. The third-order valence-corrected chi connectivity index (χ3v) is 4.70. The van der Waals surface area contributed by atoms with Crippen molar-refractivity contribution >= 4 is 11.9 Å². The van der Waals surface area contributed by atoms with Gasteiger partial charge < -0.3 is 15.7 Å². The number of amides is 1. The van der Waals surface area contributed by atoms with Crippen LogP contribution < -0.4 is 5.73 Å². The highest BCUT2D eigenvalue weighted by Gasteiger charge is 2.38. The Morgan fingerprint density at radius 3 is 2.05 bits per heavy atom. The van der Waals surface area contributed by atoms with E-state index in [4.69, 9.17) is 10.8 Å². The largest absolute Gasteiger partial charge is 0.480 e. The molecule has 1 fully saturated rings. The predicted octanol–water partition coefficient (Wildman–Crippen LogP) is 0.369. The number of hydrogen-bond donors (Lipinski definition) is 2. The number of carbonyl (C=O) groups excluding carboxylic acids is 1. The lowest BCUT2D eigenvalue weighted by molar-refractivity contribution is -0.147. The van der Waals surface area contributed by atoms with Crippen molar-refractivity contribution in [3.05, 3.63) is 0 Å². The fourth-order valence-electron chi connectivity index (χ4n) is 2.73. The zero-order chi connectivity index (χ0) is 15.3. The maximum atomic E-state index is 12.6. The minimum atomic E-state index is -0.816.